The molecule has 0 saturated carbocycles. The predicted octanol–water partition coefficient (Wildman–Crippen LogP) is 3.79. The Bertz CT molecular complexity index is 1060. The van der Waals surface area contributed by atoms with Gasteiger partial charge in [-0.1, -0.05) is 67.2 Å². The highest BCUT2D eigenvalue weighted by atomic mass is 32.2. The van der Waals surface area contributed by atoms with Gasteiger partial charge in [0.25, 0.3) is 0 Å². The number of hydrogen-bond donors (Lipinski definition) is 1. The molecular formula is C25H29N5O2S. The number of likely N-dealkylation sites (tertiary alicyclic amines) is 1. The minimum absolute atomic E-state index is 0.00265. The van der Waals surface area contributed by atoms with Crippen LogP contribution in [0.5, 0.6) is 0 Å². The van der Waals surface area contributed by atoms with Crippen molar-refractivity contribution in [1.82, 2.24) is 25.0 Å². The molecule has 1 N–H and O–H groups in total. The zero-order valence-electron chi connectivity index (χ0n) is 18.8. The van der Waals surface area contributed by atoms with Crippen LogP contribution in [-0.2, 0) is 9.59 Å². The van der Waals surface area contributed by atoms with Gasteiger partial charge in [0.15, 0.2) is 11.0 Å². The van der Waals surface area contributed by atoms with Crippen LogP contribution in [0.4, 0.5) is 0 Å². The van der Waals surface area contributed by atoms with E-state index in [-0.39, 0.29) is 23.5 Å². The summed E-state index contributed by atoms with van der Waals surface area (Å²) in [5.74, 6) is 1.21. The smallest absolute Gasteiger partial charge is 0.233 e. The summed E-state index contributed by atoms with van der Waals surface area (Å²) in [6.45, 7) is 3.98. The molecule has 3 aromatic rings. The lowest BCUT2D eigenvalue weighted by Gasteiger charge is -2.31. The fourth-order valence-electron chi connectivity index (χ4n) is 3.95. The summed E-state index contributed by atoms with van der Waals surface area (Å²) >= 11 is 1.40. The highest BCUT2D eigenvalue weighted by molar-refractivity contribution is 7.99. The number of thioether (sulfide) groups is 1. The van der Waals surface area contributed by atoms with Gasteiger partial charge in [0, 0.05) is 36.8 Å². The number of piperidine rings is 1. The maximum atomic E-state index is 12.9. The van der Waals surface area contributed by atoms with Crippen molar-refractivity contribution in [1.29, 1.82) is 0 Å². The molecule has 1 aromatic heterocycles. The van der Waals surface area contributed by atoms with Gasteiger partial charge in [0.2, 0.25) is 11.8 Å². The zero-order valence-corrected chi connectivity index (χ0v) is 19.6. The number of nitrogens with zero attached hydrogens (tertiary/aromatic N) is 4. The third kappa shape index (κ3) is 5.63. The van der Waals surface area contributed by atoms with Crippen LogP contribution in [0.2, 0.25) is 0 Å². The molecular weight excluding hydrogens is 434 g/mol. The van der Waals surface area contributed by atoms with E-state index in [9.17, 15) is 9.59 Å². The van der Waals surface area contributed by atoms with Crippen LogP contribution < -0.4 is 5.32 Å². The molecule has 0 bridgehead atoms. The van der Waals surface area contributed by atoms with Crippen LogP contribution in [0, 0.1) is 5.92 Å². The second kappa shape index (κ2) is 11.1. The van der Waals surface area contributed by atoms with Crippen molar-refractivity contribution in [3.05, 3.63) is 60.7 Å². The van der Waals surface area contributed by atoms with E-state index in [1.165, 1.54) is 11.8 Å². The monoisotopic (exact) mass is 463 g/mol. The number of carbonyl (C=O) groups is 2. The average molecular weight is 464 g/mol. The summed E-state index contributed by atoms with van der Waals surface area (Å²) in [6.07, 6.45) is 2.36. The van der Waals surface area contributed by atoms with Crippen molar-refractivity contribution >= 4 is 23.6 Å². The number of benzene rings is 2. The number of rotatable bonds is 8. The normalized spacial score (nSPS) is 14.3. The SMILES string of the molecule is CCCNC(=O)C1CCN(C(=O)CSc2nnc(-c3ccccc3)n2-c2ccccc2)CC1. The molecule has 2 amide bonds. The molecule has 1 fully saturated rings. The molecule has 0 radical (unpaired) electrons. The molecule has 0 aliphatic carbocycles. The minimum Gasteiger partial charge on any atom is -0.356 e. The summed E-state index contributed by atoms with van der Waals surface area (Å²) in [5.41, 5.74) is 1.92. The lowest BCUT2D eigenvalue weighted by molar-refractivity contribution is -0.133. The quantitative estimate of drug-likeness (QED) is 0.514. The maximum Gasteiger partial charge on any atom is 0.233 e. The number of hydrogen-bond acceptors (Lipinski definition) is 5. The molecule has 1 saturated heterocycles. The maximum absolute atomic E-state index is 12.9. The highest BCUT2D eigenvalue weighted by Crippen LogP contribution is 2.28. The standard InChI is InChI=1S/C25H29N5O2S/c1-2-15-26-24(32)20-13-16-29(17-14-20)22(31)18-33-25-28-27-23(19-9-5-3-6-10-19)30(25)21-11-7-4-8-12-21/h3-12,20H,2,13-18H2,1H3,(H,26,32). The lowest BCUT2D eigenvalue weighted by Crippen LogP contribution is -2.43. The molecule has 1 aliphatic heterocycles. The van der Waals surface area contributed by atoms with E-state index in [0.29, 0.717) is 37.6 Å². The number of nitrogens with one attached hydrogen (secondary N) is 1. The summed E-state index contributed by atoms with van der Waals surface area (Å²) < 4.78 is 2.00. The van der Waals surface area contributed by atoms with Crippen molar-refractivity contribution in [2.24, 2.45) is 5.92 Å². The molecule has 2 aromatic carbocycles. The van der Waals surface area contributed by atoms with Crippen LogP contribution in [0.3, 0.4) is 0 Å². The van der Waals surface area contributed by atoms with Crippen molar-refractivity contribution in [2.75, 3.05) is 25.4 Å². The lowest BCUT2D eigenvalue weighted by atomic mass is 9.96. The summed E-state index contributed by atoms with van der Waals surface area (Å²) in [6, 6.07) is 19.9. The first kappa shape index (κ1) is 23.0. The van der Waals surface area contributed by atoms with Crippen LogP contribution in [0.25, 0.3) is 17.1 Å². The third-order valence-electron chi connectivity index (χ3n) is 5.77. The Morgan fingerprint density at radius 1 is 1.00 bits per heavy atom. The van der Waals surface area contributed by atoms with Crippen LogP contribution in [0.15, 0.2) is 65.8 Å². The van der Waals surface area contributed by atoms with Gasteiger partial charge in [-0.3, -0.25) is 14.2 Å². The highest BCUT2D eigenvalue weighted by Gasteiger charge is 2.27. The van der Waals surface area contributed by atoms with Crippen molar-refractivity contribution in [3.8, 4) is 17.1 Å². The molecule has 1 aliphatic rings. The van der Waals surface area contributed by atoms with Crippen molar-refractivity contribution in [2.45, 2.75) is 31.3 Å². The summed E-state index contributed by atoms with van der Waals surface area (Å²) in [4.78, 5) is 26.9. The third-order valence-corrected chi connectivity index (χ3v) is 6.69. The van der Waals surface area contributed by atoms with Crippen molar-refractivity contribution < 1.29 is 9.59 Å². The average Bonchev–Trinajstić information content (AvgIpc) is 3.31. The Morgan fingerprint density at radius 3 is 2.33 bits per heavy atom. The Morgan fingerprint density at radius 2 is 1.67 bits per heavy atom. The Balaban J connectivity index is 1.42. The van der Waals surface area contributed by atoms with E-state index in [2.05, 4.69) is 15.5 Å². The fourth-order valence-corrected chi connectivity index (χ4v) is 4.80. The van der Waals surface area contributed by atoms with Gasteiger partial charge in [0.05, 0.1) is 5.75 Å². The Labute approximate surface area is 198 Å². The van der Waals surface area contributed by atoms with E-state index >= 15 is 0 Å². The molecule has 4 rings (SSSR count). The second-order valence-corrected chi connectivity index (χ2v) is 9.02. The molecule has 172 valence electrons. The first-order chi connectivity index (χ1) is 16.2. The Kier molecular flexibility index (Phi) is 7.78. The largest absolute Gasteiger partial charge is 0.356 e. The van der Waals surface area contributed by atoms with Gasteiger partial charge in [-0.2, -0.15) is 0 Å². The number of aromatic nitrogens is 3. The van der Waals surface area contributed by atoms with E-state index in [1.807, 2.05) is 77.1 Å². The molecule has 2 heterocycles. The Hall–Kier alpha value is -3.13. The summed E-state index contributed by atoms with van der Waals surface area (Å²) in [7, 11) is 0. The molecule has 0 spiro atoms. The van der Waals surface area contributed by atoms with Gasteiger partial charge in [0.1, 0.15) is 0 Å². The second-order valence-electron chi connectivity index (χ2n) is 8.08. The number of amides is 2. The molecule has 0 unspecified atom stereocenters. The molecule has 8 heteroatoms. The van der Waals surface area contributed by atoms with Crippen LogP contribution >= 0.6 is 11.8 Å². The first-order valence-corrected chi connectivity index (χ1v) is 12.4. The summed E-state index contributed by atoms with van der Waals surface area (Å²) in [5, 5.41) is 12.5. The van der Waals surface area contributed by atoms with Crippen LogP contribution in [-0.4, -0.2) is 56.9 Å². The van der Waals surface area contributed by atoms with Crippen LogP contribution in [0.1, 0.15) is 26.2 Å². The van der Waals surface area contributed by atoms with Gasteiger partial charge >= 0.3 is 0 Å². The van der Waals surface area contributed by atoms with E-state index in [1.54, 1.807) is 0 Å². The topological polar surface area (TPSA) is 80.1 Å². The minimum atomic E-state index is 0.00265. The molecule has 7 nitrogen and oxygen atoms in total. The molecule has 33 heavy (non-hydrogen) atoms. The van der Waals surface area contributed by atoms with Gasteiger partial charge in [-0.05, 0) is 31.4 Å². The number of para-hydroxylation sites is 1. The zero-order chi connectivity index (χ0) is 23.0. The van der Waals surface area contributed by atoms with Gasteiger partial charge in [-0.25, -0.2) is 0 Å². The van der Waals surface area contributed by atoms with E-state index in [0.717, 1.165) is 23.5 Å². The van der Waals surface area contributed by atoms with Gasteiger partial charge in [-0.15, -0.1) is 10.2 Å². The molecule has 0 atom stereocenters. The number of carbonyl (C=O) groups excluding carboxylic acids is 2. The predicted molar refractivity (Wildman–Crippen MR) is 130 cm³/mol. The van der Waals surface area contributed by atoms with E-state index in [4.69, 9.17) is 0 Å². The van der Waals surface area contributed by atoms with Gasteiger partial charge < -0.3 is 10.2 Å². The van der Waals surface area contributed by atoms with E-state index < -0.39 is 0 Å². The first-order valence-electron chi connectivity index (χ1n) is 11.4. The fraction of sp³-hybridized carbons (Fsp3) is 0.360. The van der Waals surface area contributed by atoms with Crippen molar-refractivity contribution in [3.63, 3.8) is 0 Å².